The van der Waals surface area contributed by atoms with Crippen LogP contribution in [0.25, 0.3) is 0 Å². The summed E-state index contributed by atoms with van der Waals surface area (Å²) in [5.74, 6) is 0.895. The third kappa shape index (κ3) is 4.77. The fourth-order valence-electron chi connectivity index (χ4n) is 2.62. The Kier molecular flexibility index (Phi) is 5.45. The quantitative estimate of drug-likeness (QED) is 0.749. The molecule has 0 aliphatic heterocycles. The van der Waals surface area contributed by atoms with Crippen molar-refractivity contribution in [3.05, 3.63) is 48.8 Å². The smallest absolute Gasteiger partial charge is 0.317 e. The molecule has 0 spiro atoms. The molecule has 24 heavy (non-hydrogen) atoms. The maximum Gasteiger partial charge on any atom is 0.317 e. The molecule has 1 aliphatic rings. The molecule has 1 aromatic heterocycles. The molecule has 1 aliphatic carbocycles. The highest BCUT2D eigenvalue weighted by molar-refractivity contribution is 7.99. The normalized spacial score (nSPS) is 15.0. The number of carbonyl (C=O) groups is 1. The number of aromatic nitrogens is 2. The minimum Gasteiger partial charge on any atom is -0.337 e. The van der Waals surface area contributed by atoms with E-state index in [0.29, 0.717) is 0 Å². The number of nitrogens with one attached hydrogen (secondary N) is 1. The monoisotopic (exact) mass is 344 g/mol. The second-order valence-electron chi connectivity index (χ2n) is 6.45. The Balaban J connectivity index is 1.37. The summed E-state index contributed by atoms with van der Waals surface area (Å²) < 4.78 is 1.96. The summed E-state index contributed by atoms with van der Waals surface area (Å²) in [4.78, 5) is 15.2. The summed E-state index contributed by atoms with van der Waals surface area (Å²) in [5, 5.41) is 7.35. The first-order chi connectivity index (χ1) is 11.7. The molecule has 0 radical (unpaired) electrons. The number of amides is 2. The van der Waals surface area contributed by atoms with E-state index in [0.717, 1.165) is 38.2 Å². The van der Waals surface area contributed by atoms with Crippen molar-refractivity contribution in [1.82, 2.24) is 20.0 Å². The summed E-state index contributed by atoms with van der Waals surface area (Å²) in [7, 11) is 1.86. The van der Waals surface area contributed by atoms with E-state index in [9.17, 15) is 4.79 Å². The van der Waals surface area contributed by atoms with E-state index in [1.54, 1.807) is 22.9 Å². The first-order valence-electron chi connectivity index (χ1n) is 8.31. The van der Waals surface area contributed by atoms with Crippen molar-refractivity contribution in [3.63, 3.8) is 0 Å². The van der Waals surface area contributed by atoms with Gasteiger partial charge in [0.25, 0.3) is 0 Å². The van der Waals surface area contributed by atoms with Crippen LogP contribution in [0.3, 0.4) is 0 Å². The maximum absolute atomic E-state index is 12.2. The van der Waals surface area contributed by atoms with Gasteiger partial charge >= 0.3 is 6.03 Å². The minimum absolute atomic E-state index is 0.00963. The number of thioether (sulfide) groups is 1. The molecular weight excluding hydrogens is 320 g/mol. The van der Waals surface area contributed by atoms with Gasteiger partial charge in [0.2, 0.25) is 0 Å². The Morgan fingerprint density at radius 3 is 2.79 bits per heavy atom. The van der Waals surface area contributed by atoms with Crippen LogP contribution in [-0.4, -0.2) is 46.6 Å². The lowest BCUT2D eigenvalue weighted by molar-refractivity contribution is 0.207. The highest BCUT2D eigenvalue weighted by atomic mass is 32.2. The molecule has 0 saturated heterocycles. The zero-order valence-corrected chi connectivity index (χ0v) is 14.8. The van der Waals surface area contributed by atoms with Crippen molar-refractivity contribution < 1.29 is 4.79 Å². The molecule has 3 rings (SSSR count). The SMILES string of the molecule is CN(CCSc1ccccc1)C(=O)NCC1(Cn2cccn2)CC1. The van der Waals surface area contributed by atoms with Crippen LogP contribution in [0.4, 0.5) is 4.79 Å². The molecule has 0 atom stereocenters. The molecule has 6 heteroatoms. The van der Waals surface area contributed by atoms with E-state index in [2.05, 4.69) is 22.5 Å². The number of urea groups is 1. The summed E-state index contributed by atoms with van der Waals surface area (Å²) in [6.07, 6.45) is 6.09. The van der Waals surface area contributed by atoms with E-state index < -0.39 is 0 Å². The van der Waals surface area contributed by atoms with Crippen molar-refractivity contribution in [2.24, 2.45) is 5.41 Å². The summed E-state index contributed by atoms with van der Waals surface area (Å²) in [6, 6.07) is 12.2. The molecule has 1 heterocycles. The lowest BCUT2D eigenvalue weighted by Gasteiger charge is -2.21. The summed E-state index contributed by atoms with van der Waals surface area (Å²) >= 11 is 1.77. The Morgan fingerprint density at radius 1 is 1.33 bits per heavy atom. The fourth-order valence-corrected chi connectivity index (χ4v) is 3.57. The van der Waals surface area contributed by atoms with Crippen molar-refractivity contribution in [2.75, 3.05) is 25.9 Å². The number of hydrogen-bond acceptors (Lipinski definition) is 3. The molecular formula is C18H24N4OS. The number of benzene rings is 1. The standard InChI is InChI=1S/C18H24N4OS/c1-21(12-13-24-16-6-3-2-4-7-16)17(23)19-14-18(8-9-18)15-22-11-5-10-20-22/h2-7,10-11H,8-9,12-15H2,1H3,(H,19,23). The average Bonchev–Trinajstić information content (AvgIpc) is 3.17. The van der Waals surface area contributed by atoms with E-state index in [4.69, 9.17) is 0 Å². The number of rotatable bonds is 8. The molecule has 0 bridgehead atoms. The van der Waals surface area contributed by atoms with Crippen LogP contribution in [0.5, 0.6) is 0 Å². The van der Waals surface area contributed by atoms with E-state index in [1.165, 1.54) is 4.90 Å². The molecule has 1 saturated carbocycles. The zero-order valence-electron chi connectivity index (χ0n) is 14.0. The van der Waals surface area contributed by atoms with Gasteiger partial charge in [-0.05, 0) is 31.0 Å². The van der Waals surface area contributed by atoms with Gasteiger partial charge in [-0.3, -0.25) is 4.68 Å². The Labute approximate surface area is 147 Å². The third-order valence-corrected chi connectivity index (χ3v) is 5.41. The number of hydrogen-bond donors (Lipinski definition) is 1. The predicted molar refractivity (Wildman–Crippen MR) is 97.1 cm³/mol. The molecule has 1 N–H and O–H groups in total. The van der Waals surface area contributed by atoms with E-state index >= 15 is 0 Å². The molecule has 1 aromatic carbocycles. The van der Waals surface area contributed by atoms with Crippen molar-refractivity contribution in [3.8, 4) is 0 Å². The summed E-state index contributed by atoms with van der Waals surface area (Å²) in [6.45, 7) is 2.34. The molecule has 2 amide bonds. The highest BCUT2D eigenvalue weighted by Crippen LogP contribution is 2.46. The second kappa shape index (κ2) is 7.75. The van der Waals surface area contributed by atoms with Gasteiger partial charge in [-0.15, -0.1) is 11.8 Å². The van der Waals surface area contributed by atoms with Crippen LogP contribution in [0.1, 0.15) is 12.8 Å². The van der Waals surface area contributed by atoms with Crippen LogP contribution in [0.15, 0.2) is 53.7 Å². The fraction of sp³-hybridized carbons (Fsp3) is 0.444. The minimum atomic E-state index is 0.00963. The van der Waals surface area contributed by atoms with Gasteiger partial charge in [0.1, 0.15) is 0 Å². The topological polar surface area (TPSA) is 50.2 Å². The van der Waals surface area contributed by atoms with Crippen LogP contribution in [-0.2, 0) is 6.54 Å². The largest absolute Gasteiger partial charge is 0.337 e. The first-order valence-corrected chi connectivity index (χ1v) is 9.30. The Bertz CT molecular complexity index is 640. The van der Waals surface area contributed by atoms with Gasteiger partial charge in [-0.25, -0.2) is 4.79 Å². The maximum atomic E-state index is 12.2. The van der Waals surface area contributed by atoms with E-state index in [-0.39, 0.29) is 11.4 Å². The van der Waals surface area contributed by atoms with Gasteiger partial charge in [-0.1, -0.05) is 18.2 Å². The molecule has 2 aromatic rings. The third-order valence-electron chi connectivity index (χ3n) is 4.41. The number of nitrogens with zero attached hydrogens (tertiary/aromatic N) is 3. The summed E-state index contributed by atoms with van der Waals surface area (Å²) in [5.41, 5.74) is 0.196. The van der Waals surface area contributed by atoms with Crippen LogP contribution < -0.4 is 5.32 Å². The van der Waals surface area contributed by atoms with Gasteiger partial charge in [-0.2, -0.15) is 5.10 Å². The van der Waals surface area contributed by atoms with Crippen molar-refractivity contribution >= 4 is 17.8 Å². The van der Waals surface area contributed by atoms with Gasteiger partial charge < -0.3 is 10.2 Å². The Hall–Kier alpha value is -1.95. The molecule has 128 valence electrons. The lowest BCUT2D eigenvalue weighted by Crippen LogP contribution is -2.41. The first kappa shape index (κ1) is 16.9. The second-order valence-corrected chi connectivity index (χ2v) is 7.61. The number of carbonyl (C=O) groups excluding carboxylic acids is 1. The molecule has 5 nitrogen and oxygen atoms in total. The lowest BCUT2D eigenvalue weighted by atomic mass is 10.1. The van der Waals surface area contributed by atoms with Crippen molar-refractivity contribution in [2.45, 2.75) is 24.3 Å². The molecule has 0 unspecified atom stereocenters. The average molecular weight is 344 g/mol. The predicted octanol–water partition coefficient (Wildman–Crippen LogP) is 3.10. The van der Waals surface area contributed by atoms with Crippen LogP contribution in [0.2, 0.25) is 0 Å². The highest BCUT2D eigenvalue weighted by Gasteiger charge is 2.43. The van der Waals surface area contributed by atoms with Gasteiger partial charge in [0.05, 0.1) is 0 Å². The van der Waals surface area contributed by atoms with E-state index in [1.807, 2.05) is 42.2 Å². The van der Waals surface area contributed by atoms with Gasteiger partial charge in [0, 0.05) is 55.1 Å². The van der Waals surface area contributed by atoms with Crippen LogP contribution >= 0.6 is 11.8 Å². The van der Waals surface area contributed by atoms with Crippen molar-refractivity contribution in [1.29, 1.82) is 0 Å². The zero-order chi connectivity index (χ0) is 16.8. The Morgan fingerprint density at radius 2 is 2.12 bits per heavy atom. The van der Waals surface area contributed by atoms with Crippen LogP contribution in [0, 0.1) is 5.41 Å². The molecule has 1 fully saturated rings. The van der Waals surface area contributed by atoms with Gasteiger partial charge in [0.15, 0.2) is 0 Å².